The van der Waals surface area contributed by atoms with Crippen LogP contribution in [0.3, 0.4) is 0 Å². The highest BCUT2D eigenvalue weighted by atomic mass is 19.4. The molecular weight excluding hydrogens is 265 g/mol. The van der Waals surface area contributed by atoms with Crippen LogP contribution in [0.15, 0.2) is 4.79 Å². The number of aryl methyl sites for hydroxylation is 1. The van der Waals surface area contributed by atoms with Crippen LogP contribution >= 0.6 is 0 Å². The van der Waals surface area contributed by atoms with Gasteiger partial charge in [-0.3, -0.25) is 9.59 Å². The lowest BCUT2D eigenvalue weighted by Crippen LogP contribution is -2.25. The lowest BCUT2D eigenvalue weighted by atomic mass is 10.1. The SMILES string of the molecule is CCOC(=O)CCc1c(C(F)(F)F)nc(C)[nH]c1=O. The summed E-state index contributed by atoms with van der Waals surface area (Å²) in [5.74, 6) is -0.784. The fourth-order valence-electron chi connectivity index (χ4n) is 1.54. The average molecular weight is 278 g/mol. The zero-order chi connectivity index (χ0) is 14.6. The first-order valence-corrected chi connectivity index (χ1v) is 5.58. The molecule has 1 heterocycles. The van der Waals surface area contributed by atoms with E-state index in [1.54, 1.807) is 6.92 Å². The third-order valence-electron chi connectivity index (χ3n) is 2.29. The van der Waals surface area contributed by atoms with Gasteiger partial charge in [-0.2, -0.15) is 13.2 Å². The molecule has 0 atom stereocenters. The predicted octanol–water partition coefficient (Wildman–Crippen LogP) is 1.59. The van der Waals surface area contributed by atoms with Crippen molar-refractivity contribution in [3.63, 3.8) is 0 Å². The van der Waals surface area contributed by atoms with E-state index in [0.717, 1.165) is 0 Å². The smallest absolute Gasteiger partial charge is 0.433 e. The summed E-state index contributed by atoms with van der Waals surface area (Å²) in [6, 6.07) is 0. The molecule has 0 bridgehead atoms. The highest BCUT2D eigenvalue weighted by Crippen LogP contribution is 2.29. The van der Waals surface area contributed by atoms with E-state index in [1.807, 2.05) is 0 Å². The molecule has 19 heavy (non-hydrogen) atoms. The summed E-state index contributed by atoms with van der Waals surface area (Å²) in [6.07, 6.45) is -5.40. The maximum atomic E-state index is 12.7. The highest BCUT2D eigenvalue weighted by molar-refractivity contribution is 5.69. The number of ether oxygens (including phenoxy) is 1. The number of carbonyl (C=O) groups is 1. The minimum Gasteiger partial charge on any atom is -0.466 e. The summed E-state index contributed by atoms with van der Waals surface area (Å²) in [6.45, 7) is 2.97. The van der Waals surface area contributed by atoms with Gasteiger partial charge in [-0.15, -0.1) is 0 Å². The second-order valence-corrected chi connectivity index (χ2v) is 3.78. The highest BCUT2D eigenvalue weighted by Gasteiger charge is 2.37. The molecule has 106 valence electrons. The van der Waals surface area contributed by atoms with Gasteiger partial charge >= 0.3 is 12.1 Å². The minimum absolute atomic E-state index is 0.128. The Bertz CT molecular complexity index is 523. The van der Waals surface area contributed by atoms with Crippen molar-refractivity contribution >= 4 is 5.97 Å². The third kappa shape index (κ3) is 4.08. The predicted molar refractivity (Wildman–Crippen MR) is 59.6 cm³/mol. The van der Waals surface area contributed by atoms with Gasteiger partial charge in [0.05, 0.1) is 6.61 Å². The minimum atomic E-state index is -4.73. The maximum absolute atomic E-state index is 12.7. The molecule has 0 radical (unpaired) electrons. The number of aromatic amines is 1. The van der Waals surface area contributed by atoms with Crippen LogP contribution in [0.5, 0.6) is 0 Å². The largest absolute Gasteiger partial charge is 0.466 e. The molecule has 0 spiro atoms. The molecule has 0 saturated heterocycles. The number of nitrogens with one attached hydrogen (secondary N) is 1. The molecule has 0 saturated carbocycles. The van der Waals surface area contributed by atoms with Gasteiger partial charge in [0.25, 0.3) is 5.56 Å². The molecule has 1 rings (SSSR count). The van der Waals surface area contributed by atoms with Crippen molar-refractivity contribution in [3.8, 4) is 0 Å². The van der Waals surface area contributed by atoms with Gasteiger partial charge in [0.1, 0.15) is 5.82 Å². The normalized spacial score (nSPS) is 11.4. The maximum Gasteiger partial charge on any atom is 0.433 e. The number of halogens is 3. The van der Waals surface area contributed by atoms with Crippen LogP contribution < -0.4 is 5.56 Å². The van der Waals surface area contributed by atoms with E-state index in [1.165, 1.54) is 6.92 Å². The quantitative estimate of drug-likeness (QED) is 0.849. The molecule has 8 heteroatoms. The van der Waals surface area contributed by atoms with Crippen LogP contribution in [0, 0.1) is 6.92 Å². The molecular formula is C11H13F3N2O3. The standard InChI is InChI=1S/C11H13F3N2O3/c1-3-19-8(17)5-4-7-9(11(12,13)14)15-6(2)16-10(7)18/h3-5H2,1-2H3,(H,15,16,18). The van der Waals surface area contributed by atoms with Gasteiger partial charge in [0, 0.05) is 12.0 Å². The monoisotopic (exact) mass is 278 g/mol. The number of hydrogen-bond acceptors (Lipinski definition) is 4. The van der Waals surface area contributed by atoms with Crippen molar-refractivity contribution in [1.82, 2.24) is 9.97 Å². The van der Waals surface area contributed by atoms with Gasteiger partial charge < -0.3 is 9.72 Å². The number of aromatic nitrogens is 2. The van der Waals surface area contributed by atoms with Gasteiger partial charge in [-0.1, -0.05) is 0 Å². The van der Waals surface area contributed by atoms with Gasteiger partial charge in [0.2, 0.25) is 0 Å². The Hall–Kier alpha value is -1.86. The van der Waals surface area contributed by atoms with E-state index < -0.39 is 29.0 Å². The average Bonchev–Trinajstić information content (AvgIpc) is 2.26. The van der Waals surface area contributed by atoms with E-state index in [-0.39, 0.29) is 25.3 Å². The Morgan fingerprint density at radius 1 is 1.42 bits per heavy atom. The van der Waals surface area contributed by atoms with Gasteiger partial charge in [-0.05, 0) is 20.3 Å². The Kier molecular flexibility index (Phi) is 4.68. The molecule has 0 aliphatic rings. The number of hydrogen-bond donors (Lipinski definition) is 1. The van der Waals surface area contributed by atoms with E-state index >= 15 is 0 Å². The lowest BCUT2D eigenvalue weighted by molar-refractivity contribution is -0.145. The Morgan fingerprint density at radius 3 is 2.58 bits per heavy atom. The molecule has 0 aromatic carbocycles. The Morgan fingerprint density at radius 2 is 2.05 bits per heavy atom. The second-order valence-electron chi connectivity index (χ2n) is 3.78. The molecule has 1 N–H and O–H groups in total. The van der Waals surface area contributed by atoms with Gasteiger partial charge in [-0.25, -0.2) is 4.98 Å². The number of nitrogens with zero attached hydrogens (tertiary/aromatic N) is 1. The topological polar surface area (TPSA) is 72.0 Å². The first-order chi connectivity index (χ1) is 8.75. The van der Waals surface area contributed by atoms with E-state index in [4.69, 9.17) is 0 Å². The van der Waals surface area contributed by atoms with Crippen molar-refractivity contribution in [3.05, 3.63) is 27.4 Å². The van der Waals surface area contributed by atoms with Crippen LogP contribution in [-0.4, -0.2) is 22.5 Å². The molecule has 0 unspecified atom stereocenters. The van der Waals surface area contributed by atoms with Crippen molar-refractivity contribution in [2.75, 3.05) is 6.61 Å². The van der Waals surface area contributed by atoms with Crippen molar-refractivity contribution in [2.45, 2.75) is 32.9 Å². The first-order valence-electron chi connectivity index (χ1n) is 5.58. The van der Waals surface area contributed by atoms with Crippen LogP contribution in [0.4, 0.5) is 13.2 Å². The molecule has 0 aliphatic heterocycles. The summed E-state index contributed by atoms with van der Waals surface area (Å²) >= 11 is 0. The second kappa shape index (κ2) is 5.85. The number of esters is 1. The summed E-state index contributed by atoms with van der Waals surface area (Å²) in [5, 5.41) is 0. The zero-order valence-corrected chi connectivity index (χ0v) is 10.4. The fourth-order valence-corrected chi connectivity index (χ4v) is 1.54. The number of alkyl halides is 3. The molecule has 0 fully saturated rings. The van der Waals surface area contributed by atoms with Gasteiger partial charge in [0.15, 0.2) is 5.69 Å². The molecule has 0 amide bonds. The molecule has 0 aliphatic carbocycles. The Labute approximate surface area is 106 Å². The van der Waals surface area contributed by atoms with E-state index in [2.05, 4.69) is 14.7 Å². The van der Waals surface area contributed by atoms with Crippen molar-refractivity contribution in [1.29, 1.82) is 0 Å². The summed E-state index contributed by atoms with van der Waals surface area (Å²) in [4.78, 5) is 28.1. The van der Waals surface area contributed by atoms with Crippen molar-refractivity contribution < 1.29 is 22.7 Å². The summed E-state index contributed by atoms with van der Waals surface area (Å²) < 4.78 is 42.8. The van der Waals surface area contributed by atoms with Crippen LogP contribution in [0.25, 0.3) is 0 Å². The number of carbonyl (C=O) groups excluding carboxylic acids is 1. The van der Waals surface area contributed by atoms with Crippen LogP contribution in [0.1, 0.15) is 30.4 Å². The van der Waals surface area contributed by atoms with E-state index in [9.17, 15) is 22.8 Å². The number of H-pyrrole nitrogens is 1. The summed E-state index contributed by atoms with van der Waals surface area (Å²) in [7, 11) is 0. The van der Waals surface area contributed by atoms with Crippen LogP contribution in [0.2, 0.25) is 0 Å². The molecule has 1 aromatic rings. The fraction of sp³-hybridized carbons (Fsp3) is 0.545. The molecule has 5 nitrogen and oxygen atoms in total. The first kappa shape index (κ1) is 15.2. The molecule has 1 aromatic heterocycles. The van der Waals surface area contributed by atoms with Crippen molar-refractivity contribution in [2.24, 2.45) is 0 Å². The van der Waals surface area contributed by atoms with Crippen LogP contribution in [-0.2, 0) is 22.1 Å². The third-order valence-corrected chi connectivity index (χ3v) is 2.29. The number of rotatable bonds is 4. The summed E-state index contributed by atoms with van der Waals surface area (Å²) in [5.41, 5.74) is -2.69. The Balaban J connectivity index is 3.06. The zero-order valence-electron chi connectivity index (χ0n) is 10.4. The van der Waals surface area contributed by atoms with E-state index in [0.29, 0.717) is 0 Å². The lowest BCUT2D eigenvalue weighted by Gasteiger charge is -2.11.